The fourth-order valence-corrected chi connectivity index (χ4v) is 4.08. The van der Waals surface area contributed by atoms with Crippen molar-refractivity contribution in [2.24, 2.45) is 0 Å². The predicted molar refractivity (Wildman–Crippen MR) is 102 cm³/mol. The van der Waals surface area contributed by atoms with Gasteiger partial charge in [0.1, 0.15) is 0 Å². The number of anilines is 2. The van der Waals surface area contributed by atoms with E-state index in [-0.39, 0.29) is 28.1 Å². The number of halogens is 4. The number of carbonyl (C=O) groups is 1. The molecule has 2 rings (SSSR count). The molecule has 1 amide bonds. The SMILES string of the molecule is C=CCN(c1cc(C(F)(F)F)ccc1Cl)S(=O)(=O)c1ccc(NC(C)=O)cc1. The summed E-state index contributed by atoms with van der Waals surface area (Å²) in [6.07, 6.45) is -3.43. The highest BCUT2D eigenvalue weighted by Crippen LogP contribution is 2.37. The van der Waals surface area contributed by atoms with Crippen molar-refractivity contribution in [3.05, 3.63) is 65.7 Å². The van der Waals surface area contributed by atoms with Gasteiger partial charge in [-0.15, -0.1) is 6.58 Å². The molecule has 0 saturated heterocycles. The lowest BCUT2D eigenvalue weighted by atomic mass is 10.2. The smallest absolute Gasteiger partial charge is 0.326 e. The Hall–Kier alpha value is -2.52. The molecule has 5 nitrogen and oxygen atoms in total. The van der Waals surface area contributed by atoms with Crippen LogP contribution in [-0.4, -0.2) is 20.9 Å². The first-order chi connectivity index (χ1) is 13.0. The van der Waals surface area contributed by atoms with Gasteiger partial charge >= 0.3 is 6.18 Å². The Morgan fingerprint density at radius 1 is 1.21 bits per heavy atom. The highest BCUT2D eigenvalue weighted by atomic mass is 35.5. The Morgan fingerprint density at radius 2 is 1.82 bits per heavy atom. The molecule has 150 valence electrons. The van der Waals surface area contributed by atoms with E-state index in [1.807, 2.05) is 0 Å². The molecule has 10 heteroatoms. The molecule has 28 heavy (non-hydrogen) atoms. The third kappa shape index (κ3) is 4.85. The highest BCUT2D eigenvalue weighted by molar-refractivity contribution is 7.92. The molecule has 1 N–H and O–H groups in total. The number of amides is 1. The number of benzene rings is 2. The summed E-state index contributed by atoms with van der Waals surface area (Å²) < 4.78 is 65.9. The minimum atomic E-state index is -4.66. The second kappa shape index (κ2) is 8.24. The first-order valence-corrected chi connectivity index (χ1v) is 9.66. The van der Waals surface area contributed by atoms with E-state index in [0.717, 1.165) is 16.4 Å². The lowest BCUT2D eigenvalue weighted by molar-refractivity contribution is -0.137. The number of alkyl halides is 3. The first kappa shape index (κ1) is 21.8. The fourth-order valence-electron chi connectivity index (χ4n) is 2.36. The van der Waals surface area contributed by atoms with Crippen molar-refractivity contribution in [2.45, 2.75) is 18.0 Å². The molecule has 0 fully saturated rings. The Labute approximate surface area is 165 Å². The van der Waals surface area contributed by atoms with Crippen molar-refractivity contribution in [3.63, 3.8) is 0 Å². The number of rotatable bonds is 6. The third-order valence-corrected chi connectivity index (χ3v) is 5.71. The largest absolute Gasteiger partial charge is 0.416 e. The zero-order valence-corrected chi connectivity index (χ0v) is 16.2. The van der Waals surface area contributed by atoms with Crippen LogP contribution < -0.4 is 9.62 Å². The number of hydrogen-bond acceptors (Lipinski definition) is 3. The molecule has 2 aromatic carbocycles. The van der Waals surface area contributed by atoms with Crippen molar-refractivity contribution in [2.75, 3.05) is 16.2 Å². The summed E-state index contributed by atoms with van der Waals surface area (Å²) in [7, 11) is -4.25. The lowest BCUT2D eigenvalue weighted by Gasteiger charge is -2.25. The highest BCUT2D eigenvalue weighted by Gasteiger charge is 2.33. The van der Waals surface area contributed by atoms with Gasteiger partial charge in [-0.3, -0.25) is 9.10 Å². The molecule has 2 aromatic rings. The van der Waals surface area contributed by atoms with Gasteiger partial charge in [-0.25, -0.2) is 8.42 Å². The molecule has 0 radical (unpaired) electrons. The number of nitrogens with zero attached hydrogens (tertiary/aromatic N) is 1. The van der Waals surface area contributed by atoms with Gasteiger partial charge in [0, 0.05) is 12.6 Å². The van der Waals surface area contributed by atoms with Crippen molar-refractivity contribution in [1.82, 2.24) is 0 Å². The number of hydrogen-bond donors (Lipinski definition) is 1. The summed E-state index contributed by atoms with van der Waals surface area (Å²) in [6, 6.07) is 7.64. The van der Waals surface area contributed by atoms with Gasteiger partial charge in [0.15, 0.2) is 0 Å². The Morgan fingerprint density at radius 3 is 2.32 bits per heavy atom. The topological polar surface area (TPSA) is 66.5 Å². The minimum Gasteiger partial charge on any atom is -0.326 e. The van der Waals surface area contributed by atoms with Gasteiger partial charge in [0.2, 0.25) is 5.91 Å². The molecule has 0 aliphatic carbocycles. The molecular formula is C18H16ClF3N2O3S. The molecule has 0 bridgehead atoms. The van der Waals surface area contributed by atoms with E-state index < -0.39 is 21.8 Å². The molecule has 0 atom stereocenters. The average molecular weight is 433 g/mol. The molecule has 0 aromatic heterocycles. The van der Waals surface area contributed by atoms with Crippen LogP contribution >= 0.6 is 11.6 Å². The zero-order valence-electron chi connectivity index (χ0n) is 14.6. The second-order valence-electron chi connectivity index (χ2n) is 5.69. The van der Waals surface area contributed by atoms with Crippen molar-refractivity contribution >= 4 is 38.9 Å². The van der Waals surface area contributed by atoms with Crippen molar-refractivity contribution in [1.29, 1.82) is 0 Å². The van der Waals surface area contributed by atoms with Gasteiger partial charge in [0.05, 0.1) is 27.7 Å². The zero-order chi connectivity index (χ0) is 21.1. The Balaban J connectivity index is 2.53. The van der Waals surface area contributed by atoms with Crippen LogP contribution in [0.25, 0.3) is 0 Å². The van der Waals surface area contributed by atoms with Crippen LogP contribution in [0, 0.1) is 0 Å². The van der Waals surface area contributed by atoms with E-state index in [9.17, 15) is 26.4 Å². The maximum atomic E-state index is 13.1. The number of nitrogens with one attached hydrogen (secondary N) is 1. The summed E-state index contributed by atoms with van der Waals surface area (Å²) >= 11 is 6.00. The monoisotopic (exact) mass is 432 g/mol. The summed E-state index contributed by atoms with van der Waals surface area (Å²) in [4.78, 5) is 10.9. The minimum absolute atomic E-state index is 0.159. The molecular weight excluding hydrogens is 417 g/mol. The molecule has 0 aliphatic rings. The van der Waals surface area contributed by atoms with Gasteiger partial charge in [-0.1, -0.05) is 17.7 Å². The van der Waals surface area contributed by atoms with Gasteiger partial charge < -0.3 is 5.32 Å². The molecule has 0 heterocycles. The van der Waals surface area contributed by atoms with Crippen LogP contribution in [0.3, 0.4) is 0 Å². The van der Waals surface area contributed by atoms with E-state index in [2.05, 4.69) is 11.9 Å². The van der Waals surface area contributed by atoms with Crippen LogP contribution in [0.2, 0.25) is 5.02 Å². The van der Waals surface area contributed by atoms with Crippen LogP contribution in [-0.2, 0) is 21.0 Å². The molecule has 0 spiro atoms. The summed E-state index contributed by atoms with van der Waals surface area (Å²) in [6.45, 7) is 4.46. The van der Waals surface area contributed by atoms with Crippen LogP contribution in [0.4, 0.5) is 24.5 Å². The lowest BCUT2D eigenvalue weighted by Crippen LogP contribution is -2.31. The van der Waals surface area contributed by atoms with E-state index >= 15 is 0 Å². The standard InChI is InChI=1S/C18H16ClF3N2O3S/c1-3-10-24(17-11-13(18(20,21)22)4-9-16(17)19)28(26,27)15-7-5-14(6-8-15)23-12(2)25/h3-9,11H,1,10H2,2H3,(H,23,25). The summed E-state index contributed by atoms with van der Waals surface area (Å²) in [5, 5.41) is 2.33. The van der Waals surface area contributed by atoms with Crippen LogP contribution in [0.5, 0.6) is 0 Å². The fraction of sp³-hybridized carbons (Fsp3) is 0.167. The number of carbonyl (C=O) groups excluding carboxylic acids is 1. The van der Waals surface area contributed by atoms with E-state index in [4.69, 9.17) is 11.6 Å². The summed E-state index contributed by atoms with van der Waals surface area (Å²) in [5.41, 5.74) is -0.974. The Bertz CT molecular complexity index is 990. The second-order valence-corrected chi connectivity index (χ2v) is 7.96. The maximum Gasteiger partial charge on any atom is 0.416 e. The molecule has 0 unspecified atom stereocenters. The quantitative estimate of drug-likeness (QED) is 0.673. The number of sulfonamides is 1. The van der Waals surface area contributed by atoms with E-state index in [1.165, 1.54) is 37.3 Å². The molecule has 0 aliphatic heterocycles. The normalized spacial score (nSPS) is 11.8. The average Bonchev–Trinajstić information content (AvgIpc) is 2.59. The summed E-state index contributed by atoms with van der Waals surface area (Å²) in [5.74, 6) is -0.334. The third-order valence-electron chi connectivity index (χ3n) is 3.60. The maximum absolute atomic E-state index is 13.1. The van der Waals surface area contributed by atoms with E-state index in [0.29, 0.717) is 11.8 Å². The van der Waals surface area contributed by atoms with Crippen LogP contribution in [0.15, 0.2) is 60.0 Å². The predicted octanol–water partition coefficient (Wildman–Crippen LogP) is 4.70. The van der Waals surface area contributed by atoms with Gasteiger partial charge in [0.25, 0.3) is 10.0 Å². The van der Waals surface area contributed by atoms with Gasteiger partial charge in [-0.2, -0.15) is 13.2 Å². The van der Waals surface area contributed by atoms with Crippen molar-refractivity contribution in [3.8, 4) is 0 Å². The van der Waals surface area contributed by atoms with E-state index in [1.54, 1.807) is 0 Å². The van der Waals surface area contributed by atoms with Crippen molar-refractivity contribution < 1.29 is 26.4 Å². The molecule has 0 saturated carbocycles. The first-order valence-electron chi connectivity index (χ1n) is 7.85. The Kier molecular flexibility index (Phi) is 6.41. The van der Waals surface area contributed by atoms with Gasteiger partial charge in [-0.05, 0) is 42.5 Å². The van der Waals surface area contributed by atoms with Crippen LogP contribution in [0.1, 0.15) is 12.5 Å².